The second-order valence-corrected chi connectivity index (χ2v) is 9.23. The van der Waals surface area contributed by atoms with Gasteiger partial charge in [0.2, 0.25) is 0 Å². The first-order valence-electron chi connectivity index (χ1n) is 12.3. The maximum atomic E-state index is 6.86. The minimum atomic E-state index is -0.354. The summed E-state index contributed by atoms with van der Waals surface area (Å²) in [4.78, 5) is 0. The Kier molecular flexibility index (Phi) is 5.94. The summed E-state index contributed by atoms with van der Waals surface area (Å²) in [7, 11) is 0. The number of rotatable bonds is 0. The highest BCUT2D eigenvalue weighted by atomic mass is 16.5. The van der Waals surface area contributed by atoms with E-state index in [2.05, 4.69) is 60.1 Å². The summed E-state index contributed by atoms with van der Waals surface area (Å²) in [5.41, 5.74) is 9.65. The lowest BCUT2D eigenvalue weighted by atomic mass is 9.89. The summed E-state index contributed by atoms with van der Waals surface area (Å²) >= 11 is 0. The van der Waals surface area contributed by atoms with E-state index in [-0.39, 0.29) is 12.2 Å². The van der Waals surface area contributed by atoms with Gasteiger partial charge in [-0.2, -0.15) is 0 Å². The summed E-state index contributed by atoms with van der Waals surface area (Å²) in [5, 5.41) is 0. The van der Waals surface area contributed by atoms with Crippen LogP contribution in [0.25, 0.3) is 0 Å². The molecule has 0 unspecified atom stereocenters. The van der Waals surface area contributed by atoms with E-state index in [0.717, 1.165) is 36.8 Å². The molecule has 0 saturated carbocycles. The zero-order chi connectivity index (χ0) is 23.5. The normalized spacial score (nSPS) is 17.8. The highest BCUT2D eigenvalue weighted by Gasteiger charge is 2.25. The molecule has 4 aromatic carbocycles. The van der Waals surface area contributed by atoms with E-state index in [1.54, 1.807) is 0 Å². The zero-order valence-corrected chi connectivity index (χ0v) is 19.6. The van der Waals surface area contributed by atoms with Crippen LogP contribution >= 0.6 is 0 Å². The van der Waals surface area contributed by atoms with Crippen LogP contribution in [0.2, 0.25) is 0 Å². The molecule has 35 heavy (non-hydrogen) atoms. The molecule has 2 heterocycles. The highest BCUT2D eigenvalue weighted by molar-refractivity contribution is 5.46. The first-order valence-corrected chi connectivity index (χ1v) is 12.3. The monoisotopic (exact) mass is 450 g/mol. The third-order valence-electron chi connectivity index (χ3n) is 6.87. The molecule has 6 rings (SSSR count). The largest absolute Gasteiger partial charge is 0.340 e. The maximum absolute atomic E-state index is 6.86. The van der Waals surface area contributed by atoms with E-state index >= 15 is 0 Å². The van der Waals surface area contributed by atoms with Crippen LogP contribution in [0.15, 0.2) is 97.1 Å². The van der Waals surface area contributed by atoms with Crippen molar-refractivity contribution in [3.05, 3.63) is 142 Å². The van der Waals surface area contributed by atoms with Gasteiger partial charge in [0.1, 0.15) is 12.2 Å². The Morgan fingerprint density at radius 3 is 1.43 bits per heavy atom. The smallest absolute Gasteiger partial charge is 0.146 e. The minimum absolute atomic E-state index is 0.354. The quantitative estimate of drug-likeness (QED) is 0.268. The average Bonchev–Trinajstić information content (AvgIpc) is 2.95. The van der Waals surface area contributed by atoms with Gasteiger partial charge in [0.05, 0.1) is 0 Å². The molecule has 2 aliphatic rings. The fourth-order valence-electron chi connectivity index (χ4n) is 4.95. The standard InChI is InChI=1S/C34H26O/c1-3-7-25(8-4-1)15-21-33-31-23-27-11-12-28-14-18-30(20-19-29(31)17-13-27)32(24-28)34(35-33)22-16-26-9-5-2-6-10-26/h1-10,13-14,17-18,23-24,33-34H,11-12,19-20H2/t33-,34+. The van der Waals surface area contributed by atoms with Crippen molar-refractivity contribution in [2.75, 3.05) is 0 Å². The van der Waals surface area contributed by atoms with E-state index in [1.807, 2.05) is 60.7 Å². The van der Waals surface area contributed by atoms with Gasteiger partial charge in [0.15, 0.2) is 0 Å². The van der Waals surface area contributed by atoms with Crippen molar-refractivity contribution < 1.29 is 4.74 Å². The topological polar surface area (TPSA) is 9.23 Å². The van der Waals surface area contributed by atoms with Crippen LogP contribution in [0.3, 0.4) is 0 Å². The predicted octanol–water partition coefficient (Wildman–Crippen LogP) is 6.79. The van der Waals surface area contributed by atoms with Crippen LogP contribution in [-0.2, 0) is 30.4 Å². The molecule has 0 radical (unpaired) electrons. The molecular weight excluding hydrogens is 424 g/mol. The Balaban J connectivity index is 1.52. The van der Waals surface area contributed by atoms with Gasteiger partial charge in [-0.3, -0.25) is 0 Å². The first kappa shape index (κ1) is 21.5. The van der Waals surface area contributed by atoms with Crippen molar-refractivity contribution in [3.8, 4) is 23.7 Å². The third kappa shape index (κ3) is 4.79. The number of ether oxygens (including phenoxy) is 1. The minimum Gasteiger partial charge on any atom is -0.340 e. The Morgan fingerprint density at radius 1 is 0.514 bits per heavy atom. The molecule has 168 valence electrons. The molecule has 0 aliphatic carbocycles. The van der Waals surface area contributed by atoms with Crippen molar-refractivity contribution in [1.29, 1.82) is 0 Å². The Hall–Kier alpha value is -4.04. The third-order valence-corrected chi connectivity index (χ3v) is 6.87. The first-order chi connectivity index (χ1) is 17.3. The van der Waals surface area contributed by atoms with Gasteiger partial charge >= 0.3 is 0 Å². The van der Waals surface area contributed by atoms with Crippen molar-refractivity contribution in [2.24, 2.45) is 0 Å². The fourth-order valence-corrected chi connectivity index (χ4v) is 4.95. The summed E-state index contributed by atoms with van der Waals surface area (Å²) < 4.78 is 6.86. The molecule has 0 N–H and O–H groups in total. The molecular formula is C34H26O. The van der Waals surface area contributed by atoms with Crippen LogP contribution in [-0.4, -0.2) is 0 Å². The molecule has 4 aromatic rings. The maximum Gasteiger partial charge on any atom is 0.146 e. The molecule has 1 nitrogen and oxygen atoms in total. The molecule has 2 aliphatic heterocycles. The average molecular weight is 451 g/mol. The molecule has 0 amide bonds. The Labute approximate surface area is 207 Å². The molecule has 0 spiro atoms. The molecule has 0 fully saturated rings. The molecule has 2 atom stereocenters. The lowest BCUT2D eigenvalue weighted by Gasteiger charge is -2.21. The molecule has 0 saturated heterocycles. The summed E-state index contributed by atoms with van der Waals surface area (Å²) in [6.45, 7) is 0. The van der Waals surface area contributed by atoms with Crippen LogP contribution in [0.4, 0.5) is 0 Å². The lowest BCUT2D eigenvalue weighted by Crippen LogP contribution is -2.10. The fraction of sp³-hybridized carbons (Fsp3) is 0.176. The molecule has 4 bridgehead atoms. The van der Waals surface area contributed by atoms with E-state index < -0.39 is 0 Å². The lowest BCUT2D eigenvalue weighted by molar-refractivity contribution is 0.0510. The predicted molar refractivity (Wildman–Crippen MR) is 141 cm³/mol. The van der Waals surface area contributed by atoms with Crippen molar-refractivity contribution in [1.82, 2.24) is 0 Å². The molecule has 1 heteroatoms. The van der Waals surface area contributed by atoms with Gasteiger partial charge in [-0.15, -0.1) is 0 Å². The van der Waals surface area contributed by atoms with Crippen molar-refractivity contribution in [2.45, 2.75) is 37.9 Å². The Bertz CT molecular complexity index is 1360. The van der Waals surface area contributed by atoms with Crippen LogP contribution in [0.5, 0.6) is 0 Å². The van der Waals surface area contributed by atoms with E-state index in [4.69, 9.17) is 4.74 Å². The number of benzene rings is 4. The van der Waals surface area contributed by atoms with E-state index in [0.29, 0.717) is 0 Å². The van der Waals surface area contributed by atoms with Gasteiger partial charge in [-0.05, 0) is 83.3 Å². The van der Waals surface area contributed by atoms with Gasteiger partial charge in [-0.1, -0.05) is 96.5 Å². The van der Waals surface area contributed by atoms with Crippen LogP contribution < -0.4 is 0 Å². The second kappa shape index (κ2) is 9.68. The van der Waals surface area contributed by atoms with E-state index in [9.17, 15) is 0 Å². The second-order valence-electron chi connectivity index (χ2n) is 9.23. The van der Waals surface area contributed by atoms with Crippen LogP contribution in [0, 0.1) is 23.7 Å². The summed E-state index contributed by atoms with van der Waals surface area (Å²) in [6, 6.07) is 34.1. The number of hydrogen-bond acceptors (Lipinski definition) is 1. The summed E-state index contributed by atoms with van der Waals surface area (Å²) in [5.74, 6) is 13.7. The SMILES string of the molecule is C(#C[C@@H]1O[C@H](C#Cc2ccccc2)c2cc3ccc2CCc2ccc(cc21)CC3)c1ccccc1. The summed E-state index contributed by atoms with van der Waals surface area (Å²) in [6.07, 6.45) is 3.23. The van der Waals surface area contributed by atoms with E-state index in [1.165, 1.54) is 33.4 Å². The van der Waals surface area contributed by atoms with Gasteiger partial charge < -0.3 is 4.74 Å². The highest BCUT2D eigenvalue weighted by Crippen LogP contribution is 2.35. The number of fused-ring (bicyclic) bond motifs is 4. The van der Waals surface area contributed by atoms with Gasteiger partial charge in [-0.25, -0.2) is 0 Å². The zero-order valence-electron chi connectivity index (χ0n) is 19.6. The molecule has 0 aromatic heterocycles. The van der Waals surface area contributed by atoms with Crippen molar-refractivity contribution in [3.63, 3.8) is 0 Å². The van der Waals surface area contributed by atoms with Crippen LogP contribution in [0.1, 0.15) is 56.7 Å². The number of aryl methyl sites for hydroxylation is 4. The Morgan fingerprint density at radius 2 is 0.971 bits per heavy atom. The number of hydrogen-bond donors (Lipinski definition) is 0. The van der Waals surface area contributed by atoms with Crippen molar-refractivity contribution >= 4 is 0 Å². The van der Waals surface area contributed by atoms with Gasteiger partial charge in [0.25, 0.3) is 0 Å². The van der Waals surface area contributed by atoms with Gasteiger partial charge in [0, 0.05) is 11.1 Å².